The molecule has 6 nitrogen and oxygen atoms in total. The molecular formula is C19H26N4O2. The topological polar surface area (TPSA) is 54.6 Å². The molecular weight excluding hydrogens is 316 g/mol. The van der Waals surface area contributed by atoms with Crippen LogP contribution in [0.4, 0.5) is 0 Å². The van der Waals surface area contributed by atoms with Crippen LogP contribution in [0.1, 0.15) is 24.2 Å². The van der Waals surface area contributed by atoms with E-state index in [0.29, 0.717) is 24.9 Å². The van der Waals surface area contributed by atoms with Crippen molar-refractivity contribution in [1.82, 2.24) is 19.9 Å². The van der Waals surface area contributed by atoms with Crippen LogP contribution in [0, 0.1) is 0 Å². The van der Waals surface area contributed by atoms with Gasteiger partial charge in [0.15, 0.2) is 5.82 Å². The molecule has 0 spiro atoms. The molecule has 1 aliphatic heterocycles. The minimum absolute atomic E-state index is 0.393. The van der Waals surface area contributed by atoms with Gasteiger partial charge in [0.1, 0.15) is 6.61 Å². The number of rotatable bonds is 7. The lowest BCUT2D eigenvalue weighted by atomic mass is 10.1. The summed E-state index contributed by atoms with van der Waals surface area (Å²) in [5.41, 5.74) is 2.66. The number of hydrogen-bond acceptors (Lipinski definition) is 6. The van der Waals surface area contributed by atoms with Gasteiger partial charge in [-0.2, -0.15) is 4.98 Å². The molecule has 2 aromatic rings. The molecule has 0 atom stereocenters. The van der Waals surface area contributed by atoms with Gasteiger partial charge in [0, 0.05) is 39.8 Å². The van der Waals surface area contributed by atoms with Gasteiger partial charge in [0.05, 0.1) is 6.54 Å². The van der Waals surface area contributed by atoms with E-state index in [1.807, 2.05) is 6.07 Å². The highest BCUT2D eigenvalue weighted by Crippen LogP contribution is 2.11. The monoisotopic (exact) mass is 342 g/mol. The Morgan fingerprint density at radius 3 is 2.60 bits per heavy atom. The number of hydrogen-bond donors (Lipinski definition) is 0. The summed E-state index contributed by atoms with van der Waals surface area (Å²) in [5, 5.41) is 3.91. The van der Waals surface area contributed by atoms with E-state index in [0.717, 1.165) is 32.7 Å². The van der Waals surface area contributed by atoms with E-state index < -0.39 is 0 Å². The van der Waals surface area contributed by atoms with Gasteiger partial charge in [-0.15, -0.1) is 0 Å². The smallest absolute Gasteiger partial charge is 0.240 e. The minimum Gasteiger partial charge on any atom is -0.377 e. The van der Waals surface area contributed by atoms with Gasteiger partial charge in [-0.25, -0.2) is 0 Å². The maximum atomic E-state index is 5.27. The van der Waals surface area contributed by atoms with Crippen molar-refractivity contribution in [3.63, 3.8) is 0 Å². The largest absolute Gasteiger partial charge is 0.377 e. The van der Waals surface area contributed by atoms with E-state index in [1.165, 1.54) is 11.1 Å². The summed E-state index contributed by atoms with van der Waals surface area (Å²) in [6.45, 7) is 8.46. The fourth-order valence-electron chi connectivity index (χ4n) is 3.07. The second kappa shape index (κ2) is 8.89. The van der Waals surface area contributed by atoms with Crippen LogP contribution in [0.2, 0.25) is 0 Å². The number of aromatic nitrogens is 2. The van der Waals surface area contributed by atoms with E-state index in [9.17, 15) is 0 Å². The summed E-state index contributed by atoms with van der Waals surface area (Å²) < 4.78 is 10.3. The van der Waals surface area contributed by atoms with Crippen LogP contribution < -0.4 is 0 Å². The molecule has 1 aromatic heterocycles. The quantitative estimate of drug-likeness (QED) is 0.770. The minimum atomic E-state index is 0.393. The van der Waals surface area contributed by atoms with Crippen LogP contribution in [0.3, 0.4) is 0 Å². The Morgan fingerprint density at radius 2 is 1.88 bits per heavy atom. The van der Waals surface area contributed by atoms with Gasteiger partial charge < -0.3 is 9.26 Å². The van der Waals surface area contributed by atoms with Gasteiger partial charge in [0.25, 0.3) is 0 Å². The van der Waals surface area contributed by atoms with Crippen molar-refractivity contribution in [3.8, 4) is 0 Å². The summed E-state index contributed by atoms with van der Waals surface area (Å²) in [7, 11) is 1.63. The molecule has 0 bridgehead atoms. The number of nitrogens with zero attached hydrogens (tertiary/aromatic N) is 4. The molecule has 0 amide bonds. The van der Waals surface area contributed by atoms with Crippen molar-refractivity contribution < 1.29 is 9.26 Å². The molecule has 1 saturated heterocycles. The maximum absolute atomic E-state index is 5.27. The fraction of sp³-hybridized carbons (Fsp3) is 0.474. The number of piperazine rings is 1. The van der Waals surface area contributed by atoms with Crippen LogP contribution in [0.5, 0.6) is 0 Å². The molecule has 3 rings (SSSR count). The first-order valence-corrected chi connectivity index (χ1v) is 8.70. The maximum Gasteiger partial charge on any atom is 0.240 e. The highest BCUT2D eigenvalue weighted by Gasteiger charge is 2.19. The van der Waals surface area contributed by atoms with Crippen molar-refractivity contribution >= 4 is 6.08 Å². The molecule has 1 fully saturated rings. The molecule has 134 valence electrons. The Bertz CT molecular complexity index is 676. The van der Waals surface area contributed by atoms with Crippen LogP contribution in [0.25, 0.3) is 6.08 Å². The summed E-state index contributed by atoms with van der Waals surface area (Å²) in [5.74, 6) is 1.28. The normalized spacial score (nSPS) is 17.1. The molecule has 25 heavy (non-hydrogen) atoms. The van der Waals surface area contributed by atoms with Crippen LogP contribution in [0.15, 0.2) is 40.4 Å². The van der Waals surface area contributed by atoms with Crippen molar-refractivity contribution in [2.45, 2.75) is 20.1 Å². The van der Waals surface area contributed by atoms with E-state index in [4.69, 9.17) is 9.26 Å². The number of benzene rings is 1. The van der Waals surface area contributed by atoms with E-state index in [1.54, 1.807) is 7.11 Å². The summed E-state index contributed by atoms with van der Waals surface area (Å²) in [6, 6.07) is 10.5. The molecule has 0 unspecified atom stereocenters. The van der Waals surface area contributed by atoms with Crippen LogP contribution in [-0.2, 0) is 17.9 Å². The van der Waals surface area contributed by atoms with Gasteiger partial charge in [-0.1, -0.05) is 47.1 Å². The zero-order chi connectivity index (χ0) is 17.5. The summed E-state index contributed by atoms with van der Waals surface area (Å²) >= 11 is 0. The predicted octanol–water partition coefficient (Wildman–Crippen LogP) is 2.44. The standard InChI is InChI=1S/C19H26N4O2/c1-16(12-17-6-4-3-5-7-17)13-22-8-10-23(11-9-22)14-19-20-18(15-24-2)21-25-19/h3-7,12H,8-11,13-15H2,1-2H3. The molecule has 1 aromatic carbocycles. The fourth-order valence-corrected chi connectivity index (χ4v) is 3.07. The zero-order valence-electron chi connectivity index (χ0n) is 15.0. The van der Waals surface area contributed by atoms with Gasteiger partial charge in [-0.05, 0) is 12.5 Å². The summed E-state index contributed by atoms with van der Waals surface area (Å²) in [4.78, 5) is 9.19. The lowest BCUT2D eigenvalue weighted by Crippen LogP contribution is -2.46. The Balaban J connectivity index is 1.44. The SMILES string of the molecule is COCc1noc(CN2CCN(CC(C)=Cc3ccccc3)CC2)n1. The molecule has 6 heteroatoms. The van der Waals surface area contributed by atoms with E-state index >= 15 is 0 Å². The zero-order valence-corrected chi connectivity index (χ0v) is 15.0. The average Bonchev–Trinajstić information content (AvgIpc) is 3.05. The molecule has 1 aliphatic rings. The third-order valence-electron chi connectivity index (χ3n) is 4.29. The average molecular weight is 342 g/mol. The first-order chi connectivity index (χ1) is 12.2. The first kappa shape index (κ1) is 17.8. The molecule has 0 radical (unpaired) electrons. The lowest BCUT2D eigenvalue weighted by molar-refractivity contribution is 0.123. The van der Waals surface area contributed by atoms with Crippen molar-refractivity contribution in [2.24, 2.45) is 0 Å². The second-order valence-corrected chi connectivity index (χ2v) is 6.49. The molecule has 2 heterocycles. The number of ether oxygens (including phenoxy) is 1. The molecule has 0 N–H and O–H groups in total. The number of methoxy groups -OCH3 is 1. The van der Waals surface area contributed by atoms with Crippen molar-refractivity contribution in [3.05, 3.63) is 53.2 Å². The van der Waals surface area contributed by atoms with Gasteiger partial charge in [-0.3, -0.25) is 9.80 Å². The van der Waals surface area contributed by atoms with E-state index in [2.05, 4.69) is 57.2 Å². The van der Waals surface area contributed by atoms with E-state index in [-0.39, 0.29) is 0 Å². The predicted molar refractivity (Wildman–Crippen MR) is 96.8 cm³/mol. The third-order valence-corrected chi connectivity index (χ3v) is 4.29. The lowest BCUT2D eigenvalue weighted by Gasteiger charge is -2.34. The highest BCUT2D eigenvalue weighted by molar-refractivity contribution is 5.52. The second-order valence-electron chi connectivity index (χ2n) is 6.49. The Hall–Kier alpha value is -2.02. The first-order valence-electron chi connectivity index (χ1n) is 8.70. The Kier molecular flexibility index (Phi) is 6.33. The van der Waals surface area contributed by atoms with Crippen LogP contribution >= 0.6 is 0 Å². The highest BCUT2D eigenvalue weighted by atomic mass is 16.5. The third kappa shape index (κ3) is 5.49. The summed E-state index contributed by atoms with van der Waals surface area (Å²) in [6.07, 6.45) is 2.27. The van der Waals surface area contributed by atoms with Gasteiger partial charge >= 0.3 is 0 Å². The Labute approximate surface area is 149 Å². The van der Waals surface area contributed by atoms with Crippen molar-refractivity contribution in [2.75, 3.05) is 39.8 Å². The van der Waals surface area contributed by atoms with Crippen LogP contribution in [-0.4, -0.2) is 59.8 Å². The van der Waals surface area contributed by atoms with Crippen molar-refractivity contribution in [1.29, 1.82) is 0 Å². The molecule has 0 aliphatic carbocycles. The molecule has 0 saturated carbocycles. The van der Waals surface area contributed by atoms with Gasteiger partial charge in [0.2, 0.25) is 5.89 Å². The Morgan fingerprint density at radius 1 is 1.16 bits per heavy atom.